The zero-order chi connectivity index (χ0) is 14.7. The van der Waals surface area contributed by atoms with Crippen LogP contribution in [0.1, 0.15) is 24.0 Å². The summed E-state index contributed by atoms with van der Waals surface area (Å²) in [4.78, 5) is 24.6. The summed E-state index contributed by atoms with van der Waals surface area (Å²) in [6.45, 7) is 4.02. The van der Waals surface area contributed by atoms with Gasteiger partial charge in [-0.2, -0.15) is 0 Å². The van der Waals surface area contributed by atoms with E-state index in [1.165, 1.54) is 5.56 Å². The molecule has 1 aromatic carbocycles. The van der Waals surface area contributed by atoms with Crippen molar-refractivity contribution in [1.82, 2.24) is 0 Å². The number of hydrogen-bond donors (Lipinski definition) is 1. The summed E-state index contributed by atoms with van der Waals surface area (Å²) in [5.41, 5.74) is 3.07. The van der Waals surface area contributed by atoms with Crippen molar-refractivity contribution in [2.75, 3.05) is 5.32 Å². The minimum Gasteiger partial charge on any atom is -0.462 e. The van der Waals surface area contributed by atoms with E-state index in [1.807, 2.05) is 26.0 Å². The molecule has 0 spiro atoms. The quantitative estimate of drug-likeness (QED) is 0.849. The van der Waals surface area contributed by atoms with Gasteiger partial charge in [-0.1, -0.05) is 17.7 Å². The Morgan fingerprint density at radius 3 is 2.86 bits per heavy atom. The molecule has 3 fully saturated rings. The van der Waals surface area contributed by atoms with Crippen LogP contribution in [-0.2, 0) is 14.3 Å². The highest BCUT2D eigenvalue weighted by Gasteiger charge is 2.63. The summed E-state index contributed by atoms with van der Waals surface area (Å²) in [7, 11) is 0. The molecule has 1 aromatic rings. The first kappa shape index (κ1) is 12.9. The monoisotopic (exact) mass is 285 g/mol. The highest BCUT2D eigenvalue weighted by atomic mass is 16.6. The molecule has 4 rings (SSSR count). The van der Waals surface area contributed by atoms with Gasteiger partial charge in [0.2, 0.25) is 5.91 Å². The smallest absolute Gasteiger partial charge is 0.310 e. The predicted octanol–water partition coefficient (Wildman–Crippen LogP) is 2.44. The second kappa shape index (κ2) is 4.33. The number of carbonyl (C=O) groups excluding carboxylic acids is 2. The van der Waals surface area contributed by atoms with Gasteiger partial charge in [0.15, 0.2) is 0 Å². The summed E-state index contributed by atoms with van der Waals surface area (Å²) < 4.78 is 5.39. The third kappa shape index (κ3) is 1.81. The van der Waals surface area contributed by atoms with Crippen molar-refractivity contribution in [2.45, 2.75) is 32.8 Å². The summed E-state index contributed by atoms with van der Waals surface area (Å²) in [5, 5.41) is 3.02. The fraction of sp³-hybridized carbons (Fsp3) is 0.529. The van der Waals surface area contributed by atoms with Gasteiger partial charge in [-0.25, -0.2) is 0 Å². The van der Waals surface area contributed by atoms with Gasteiger partial charge in [0.25, 0.3) is 0 Å². The average Bonchev–Trinajstić information content (AvgIpc) is 3.02. The van der Waals surface area contributed by atoms with Crippen LogP contribution in [-0.4, -0.2) is 18.0 Å². The minimum atomic E-state index is -0.209. The predicted molar refractivity (Wildman–Crippen MR) is 77.6 cm³/mol. The number of carbonyl (C=O) groups is 2. The van der Waals surface area contributed by atoms with E-state index in [4.69, 9.17) is 4.74 Å². The molecule has 2 bridgehead atoms. The third-order valence-corrected chi connectivity index (χ3v) is 5.43. The molecule has 2 saturated carbocycles. The van der Waals surface area contributed by atoms with Crippen LogP contribution in [0.15, 0.2) is 18.2 Å². The number of anilines is 1. The maximum atomic E-state index is 12.7. The van der Waals surface area contributed by atoms with E-state index in [9.17, 15) is 9.59 Å². The number of aryl methyl sites for hydroxylation is 2. The molecule has 0 aromatic heterocycles. The lowest BCUT2D eigenvalue weighted by atomic mass is 9.79. The fourth-order valence-electron chi connectivity index (χ4n) is 4.53. The number of nitrogens with one attached hydrogen (secondary N) is 1. The Balaban J connectivity index is 1.57. The molecule has 0 unspecified atom stereocenters. The Bertz CT molecular complexity index is 637. The van der Waals surface area contributed by atoms with Crippen LogP contribution in [0.25, 0.3) is 0 Å². The van der Waals surface area contributed by atoms with Gasteiger partial charge in [0, 0.05) is 11.6 Å². The van der Waals surface area contributed by atoms with Crippen molar-refractivity contribution >= 4 is 17.6 Å². The van der Waals surface area contributed by atoms with E-state index in [0.717, 1.165) is 24.1 Å². The fourth-order valence-corrected chi connectivity index (χ4v) is 4.53. The molecule has 0 radical (unpaired) electrons. The number of benzene rings is 1. The second-order valence-corrected chi connectivity index (χ2v) is 6.73. The van der Waals surface area contributed by atoms with E-state index in [1.54, 1.807) is 0 Å². The van der Waals surface area contributed by atoms with Crippen molar-refractivity contribution in [3.63, 3.8) is 0 Å². The Labute approximate surface area is 123 Å². The van der Waals surface area contributed by atoms with Gasteiger partial charge in [0.05, 0.1) is 11.8 Å². The first-order valence-corrected chi connectivity index (χ1v) is 7.63. The first-order valence-electron chi connectivity index (χ1n) is 7.63. The van der Waals surface area contributed by atoms with Crippen LogP contribution in [0.3, 0.4) is 0 Å². The Hall–Kier alpha value is -1.84. The zero-order valence-electron chi connectivity index (χ0n) is 12.3. The molecule has 2 aliphatic carbocycles. The molecule has 1 amide bonds. The van der Waals surface area contributed by atoms with E-state index < -0.39 is 0 Å². The molecular weight excluding hydrogens is 266 g/mol. The highest BCUT2D eigenvalue weighted by molar-refractivity contribution is 5.97. The Morgan fingerprint density at radius 2 is 2.10 bits per heavy atom. The standard InChI is InChI=1S/C17H19NO3/c1-8-3-4-12(9(2)5-8)18-16(19)14-10-6-11-13(7-10)21-17(20)15(11)14/h3-5,10-11,13-15H,6-7H2,1-2H3,(H,18,19)/t10-,11+,13-,14+,15+/m1/s1. The molecule has 1 heterocycles. The molecule has 1 saturated heterocycles. The molecule has 3 aliphatic rings. The highest BCUT2D eigenvalue weighted by Crippen LogP contribution is 2.57. The number of amides is 1. The third-order valence-electron chi connectivity index (χ3n) is 5.43. The normalized spacial score (nSPS) is 35.9. The number of rotatable bonds is 2. The molecule has 5 atom stereocenters. The molecular formula is C17H19NO3. The minimum absolute atomic E-state index is 0.0169. The molecule has 21 heavy (non-hydrogen) atoms. The Morgan fingerprint density at radius 1 is 1.29 bits per heavy atom. The van der Waals surface area contributed by atoms with Crippen molar-refractivity contribution in [3.05, 3.63) is 29.3 Å². The van der Waals surface area contributed by atoms with E-state index in [2.05, 4.69) is 11.4 Å². The Kier molecular flexibility index (Phi) is 2.65. The van der Waals surface area contributed by atoms with Gasteiger partial charge in [-0.05, 0) is 44.2 Å². The molecule has 4 heteroatoms. The zero-order valence-corrected chi connectivity index (χ0v) is 12.3. The lowest BCUT2D eigenvalue weighted by Gasteiger charge is -2.24. The van der Waals surface area contributed by atoms with Crippen molar-refractivity contribution in [2.24, 2.45) is 23.7 Å². The van der Waals surface area contributed by atoms with Crippen LogP contribution < -0.4 is 5.32 Å². The molecule has 1 N–H and O–H groups in total. The van der Waals surface area contributed by atoms with Crippen LogP contribution in [0.4, 0.5) is 5.69 Å². The summed E-state index contributed by atoms with van der Waals surface area (Å²) in [6, 6.07) is 5.98. The van der Waals surface area contributed by atoms with Crippen LogP contribution in [0.2, 0.25) is 0 Å². The van der Waals surface area contributed by atoms with Gasteiger partial charge in [-0.15, -0.1) is 0 Å². The molecule has 1 aliphatic heterocycles. The van der Waals surface area contributed by atoms with Gasteiger partial charge >= 0.3 is 5.97 Å². The average molecular weight is 285 g/mol. The number of fused-ring (bicyclic) bond motifs is 1. The van der Waals surface area contributed by atoms with Crippen molar-refractivity contribution in [1.29, 1.82) is 0 Å². The van der Waals surface area contributed by atoms with Crippen molar-refractivity contribution < 1.29 is 14.3 Å². The maximum absolute atomic E-state index is 12.7. The van der Waals surface area contributed by atoms with Gasteiger partial charge in [0.1, 0.15) is 6.10 Å². The van der Waals surface area contributed by atoms with E-state index in [0.29, 0.717) is 5.92 Å². The van der Waals surface area contributed by atoms with Crippen molar-refractivity contribution in [3.8, 4) is 0 Å². The van der Waals surface area contributed by atoms with Gasteiger partial charge in [-0.3, -0.25) is 9.59 Å². The summed E-state index contributed by atoms with van der Waals surface area (Å²) >= 11 is 0. The lowest BCUT2D eigenvalue weighted by molar-refractivity contribution is -0.145. The SMILES string of the molecule is Cc1ccc(NC(=O)[C@H]2[C@@H]3C[C@@H]4[C@@H]2C(=O)O[C@@H]4C3)c(C)c1. The van der Waals surface area contributed by atoms with E-state index >= 15 is 0 Å². The maximum Gasteiger partial charge on any atom is 0.310 e. The van der Waals surface area contributed by atoms with Crippen LogP contribution >= 0.6 is 0 Å². The molecule has 110 valence electrons. The van der Waals surface area contributed by atoms with Crippen LogP contribution in [0, 0.1) is 37.5 Å². The summed E-state index contributed by atoms with van der Waals surface area (Å²) in [6.07, 6.45) is 1.90. The van der Waals surface area contributed by atoms with E-state index in [-0.39, 0.29) is 35.7 Å². The van der Waals surface area contributed by atoms with Gasteiger partial charge < -0.3 is 10.1 Å². The summed E-state index contributed by atoms with van der Waals surface area (Å²) in [5.74, 6) is -0.0106. The lowest BCUT2D eigenvalue weighted by Crippen LogP contribution is -2.36. The largest absolute Gasteiger partial charge is 0.462 e. The first-order chi connectivity index (χ1) is 10.0. The second-order valence-electron chi connectivity index (χ2n) is 6.73. The number of hydrogen-bond acceptors (Lipinski definition) is 3. The molecule has 4 nitrogen and oxygen atoms in total. The topological polar surface area (TPSA) is 55.4 Å². The number of ether oxygens (including phenoxy) is 1. The van der Waals surface area contributed by atoms with Crippen LogP contribution in [0.5, 0.6) is 0 Å². The number of esters is 1.